The smallest absolute Gasteiger partial charge is 0.291 e. The van der Waals surface area contributed by atoms with Gasteiger partial charge in [-0.1, -0.05) is 66.2 Å². The normalized spacial score (nSPS) is 10.8. The number of nitrogens with zero attached hydrogens (tertiary/aromatic N) is 3. The van der Waals surface area contributed by atoms with Crippen molar-refractivity contribution < 1.29 is 4.79 Å². The third kappa shape index (κ3) is 4.01. The lowest BCUT2D eigenvalue weighted by molar-refractivity contribution is 0.0940. The number of carbonyl (C=O) groups is 1. The quantitative estimate of drug-likeness (QED) is 0.528. The van der Waals surface area contributed by atoms with E-state index in [0.717, 1.165) is 33.5 Å². The second kappa shape index (κ2) is 8.33. The highest BCUT2D eigenvalue weighted by Crippen LogP contribution is 2.25. The molecule has 0 saturated carbocycles. The summed E-state index contributed by atoms with van der Waals surface area (Å²) in [6.45, 7) is 6.59. The van der Waals surface area contributed by atoms with Crippen LogP contribution in [0.1, 0.15) is 32.9 Å². The van der Waals surface area contributed by atoms with E-state index in [1.54, 1.807) is 4.68 Å². The van der Waals surface area contributed by atoms with Crippen LogP contribution in [0, 0.1) is 20.8 Å². The molecule has 0 unspecified atom stereocenters. The number of hydrogen-bond acceptors (Lipinski definition) is 3. The molecule has 0 aliphatic carbocycles. The Morgan fingerprint density at radius 3 is 2.47 bits per heavy atom. The van der Waals surface area contributed by atoms with Crippen LogP contribution in [-0.2, 0) is 6.54 Å². The molecular weight excluding hydrogens is 372 g/mol. The van der Waals surface area contributed by atoms with Crippen LogP contribution in [0.25, 0.3) is 17.1 Å². The Balaban J connectivity index is 1.74. The van der Waals surface area contributed by atoms with E-state index in [1.165, 1.54) is 0 Å². The van der Waals surface area contributed by atoms with Gasteiger partial charge >= 0.3 is 0 Å². The van der Waals surface area contributed by atoms with Crippen LogP contribution in [0.15, 0.2) is 72.8 Å². The topological polar surface area (TPSA) is 59.8 Å². The van der Waals surface area contributed by atoms with Crippen LogP contribution in [-0.4, -0.2) is 20.7 Å². The molecule has 0 bridgehead atoms. The summed E-state index contributed by atoms with van der Waals surface area (Å²) in [6.07, 6.45) is 0. The van der Waals surface area contributed by atoms with E-state index in [9.17, 15) is 4.79 Å². The van der Waals surface area contributed by atoms with Gasteiger partial charge < -0.3 is 5.32 Å². The zero-order valence-electron chi connectivity index (χ0n) is 17.4. The molecular formula is C25H24N4O. The lowest BCUT2D eigenvalue weighted by Crippen LogP contribution is -2.24. The fraction of sp³-hybridized carbons (Fsp3) is 0.160. The molecule has 0 atom stereocenters. The third-order valence-corrected chi connectivity index (χ3v) is 5.19. The minimum absolute atomic E-state index is 0.156. The molecule has 0 saturated heterocycles. The molecule has 0 spiro atoms. The molecule has 1 heterocycles. The first-order chi connectivity index (χ1) is 14.5. The highest BCUT2D eigenvalue weighted by molar-refractivity contribution is 5.91. The van der Waals surface area contributed by atoms with Gasteiger partial charge in [0.15, 0.2) is 5.82 Å². The molecule has 0 aliphatic rings. The van der Waals surface area contributed by atoms with Gasteiger partial charge in [-0.25, -0.2) is 9.67 Å². The summed E-state index contributed by atoms with van der Waals surface area (Å²) in [6, 6.07) is 23.9. The summed E-state index contributed by atoms with van der Waals surface area (Å²) in [4.78, 5) is 17.4. The maximum absolute atomic E-state index is 12.8. The Morgan fingerprint density at radius 2 is 1.70 bits per heavy atom. The van der Waals surface area contributed by atoms with Crippen molar-refractivity contribution in [2.75, 3.05) is 0 Å². The van der Waals surface area contributed by atoms with E-state index in [-0.39, 0.29) is 11.7 Å². The van der Waals surface area contributed by atoms with Gasteiger partial charge in [0.2, 0.25) is 5.82 Å². The molecule has 150 valence electrons. The molecule has 3 aromatic carbocycles. The van der Waals surface area contributed by atoms with Gasteiger partial charge in [-0.05, 0) is 49.6 Å². The molecule has 0 radical (unpaired) electrons. The largest absolute Gasteiger partial charge is 0.345 e. The van der Waals surface area contributed by atoms with Gasteiger partial charge in [0.25, 0.3) is 5.91 Å². The minimum atomic E-state index is -0.295. The summed E-state index contributed by atoms with van der Waals surface area (Å²) in [5.74, 6) is 0.511. The van der Waals surface area contributed by atoms with Crippen molar-refractivity contribution in [2.24, 2.45) is 0 Å². The molecule has 0 aliphatic heterocycles. The molecule has 5 nitrogen and oxygen atoms in total. The minimum Gasteiger partial charge on any atom is -0.345 e. The summed E-state index contributed by atoms with van der Waals surface area (Å²) < 4.78 is 1.77. The van der Waals surface area contributed by atoms with Crippen LogP contribution in [0.5, 0.6) is 0 Å². The lowest BCUT2D eigenvalue weighted by atomic mass is 10.1. The fourth-order valence-corrected chi connectivity index (χ4v) is 3.37. The van der Waals surface area contributed by atoms with Gasteiger partial charge in [-0.2, -0.15) is 0 Å². The Kier molecular flexibility index (Phi) is 5.44. The van der Waals surface area contributed by atoms with Crippen molar-refractivity contribution in [1.29, 1.82) is 0 Å². The highest BCUT2D eigenvalue weighted by Gasteiger charge is 2.20. The van der Waals surface area contributed by atoms with E-state index in [1.807, 2.05) is 67.6 Å². The monoisotopic (exact) mass is 396 g/mol. The first-order valence-electron chi connectivity index (χ1n) is 9.96. The molecule has 30 heavy (non-hydrogen) atoms. The van der Waals surface area contributed by atoms with Gasteiger partial charge in [0, 0.05) is 12.1 Å². The van der Waals surface area contributed by atoms with Crippen LogP contribution < -0.4 is 5.32 Å². The Morgan fingerprint density at radius 1 is 0.933 bits per heavy atom. The Hall–Kier alpha value is -3.73. The number of nitrogens with one attached hydrogen (secondary N) is 1. The molecule has 1 aromatic heterocycles. The Labute approximate surface area is 176 Å². The average molecular weight is 396 g/mol. The molecule has 4 aromatic rings. The van der Waals surface area contributed by atoms with Crippen molar-refractivity contribution in [3.8, 4) is 17.1 Å². The number of rotatable bonds is 5. The maximum atomic E-state index is 12.8. The van der Waals surface area contributed by atoms with E-state index in [4.69, 9.17) is 0 Å². The van der Waals surface area contributed by atoms with E-state index >= 15 is 0 Å². The molecule has 5 heteroatoms. The second-order valence-electron chi connectivity index (χ2n) is 7.43. The van der Waals surface area contributed by atoms with Gasteiger partial charge in [-0.15, -0.1) is 5.10 Å². The fourth-order valence-electron chi connectivity index (χ4n) is 3.37. The zero-order valence-corrected chi connectivity index (χ0v) is 17.4. The predicted molar refractivity (Wildman–Crippen MR) is 119 cm³/mol. The second-order valence-corrected chi connectivity index (χ2v) is 7.43. The predicted octanol–water partition coefficient (Wildman–Crippen LogP) is 4.79. The number of carbonyl (C=O) groups excluding carboxylic acids is 1. The van der Waals surface area contributed by atoms with Crippen LogP contribution in [0.2, 0.25) is 0 Å². The molecule has 1 amide bonds. The van der Waals surface area contributed by atoms with Crippen LogP contribution in [0.4, 0.5) is 0 Å². The first kappa shape index (κ1) is 19.6. The van der Waals surface area contributed by atoms with Crippen molar-refractivity contribution in [3.05, 3.63) is 101 Å². The van der Waals surface area contributed by atoms with Crippen molar-refractivity contribution in [2.45, 2.75) is 27.3 Å². The first-order valence-corrected chi connectivity index (χ1v) is 9.96. The summed E-state index contributed by atoms with van der Waals surface area (Å²) in [5.41, 5.74) is 6.25. The standard InChI is InChI=1S/C25H24N4O/c1-17-9-7-13-21(15-17)24-27-23(25(30)26-16-20-11-5-4-6-12-20)28-29(24)22-14-8-10-18(2)19(22)3/h4-15H,16H2,1-3H3,(H,26,30). The zero-order chi connectivity index (χ0) is 21.1. The highest BCUT2D eigenvalue weighted by atomic mass is 16.2. The SMILES string of the molecule is Cc1cccc(-c2nc(C(=O)NCc3ccccc3)nn2-c2cccc(C)c2C)c1. The summed E-state index contributed by atoms with van der Waals surface area (Å²) in [5, 5.41) is 7.51. The lowest BCUT2D eigenvalue weighted by Gasteiger charge is -2.11. The van der Waals surface area contributed by atoms with Gasteiger partial charge in [0.05, 0.1) is 5.69 Å². The average Bonchev–Trinajstić information content (AvgIpc) is 3.20. The van der Waals surface area contributed by atoms with Gasteiger partial charge in [0.1, 0.15) is 0 Å². The van der Waals surface area contributed by atoms with Crippen molar-refractivity contribution in [1.82, 2.24) is 20.1 Å². The van der Waals surface area contributed by atoms with Gasteiger partial charge in [-0.3, -0.25) is 4.79 Å². The molecule has 4 rings (SSSR count). The van der Waals surface area contributed by atoms with E-state index in [2.05, 4.69) is 41.4 Å². The number of aromatic nitrogens is 3. The number of benzene rings is 3. The van der Waals surface area contributed by atoms with E-state index < -0.39 is 0 Å². The molecule has 1 N–H and O–H groups in total. The van der Waals surface area contributed by atoms with Crippen LogP contribution in [0.3, 0.4) is 0 Å². The summed E-state index contributed by atoms with van der Waals surface area (Å²) in [7, 11) is 0. The Bertz CT molecular complexity index is 1200. The maximum Gasteiger partial charge on any atom is 0.291 e. The van der Waals surface area contributed by atoms with Crippen LogP contribution >= 0.6 is 0 Å². The number of hydrogen-bond donors (Lipinski definition) is 1. The van der Waals surface area contributed by atoms with E-state index in [0.29, 0.717) is 12.4 Å². The summed E-state index contributed by atoms with van der Waals surface area (Å²) >= 11 is 0. The van der Waals surface area contributed by atoms with Crippen molar-refractivity contribution >= 4 is 5.91 Å². The van der Waals surface area contributed by atoms with Crippen molar-refractivity contribution in [3.63, 3.8) is 0 Å². The third-order valence-electron chi connectivity index (χ3n) is 5.19. The number of amides is 1. The molecule has 0 fully saturated rings. The number of aryl methyl sites for hydroxylation is 2.